The van der Waals surface area contributed by atoms with Gasteiger partial charge in [-0.3, -0.25) is 0 Å². The number of aryl methyl sites for hydroxylation is 1. The van der Waals surface area contributed by atoms with Gasteiger partial charge in [0.15, 0.2) is 0 Å². The lowest BCUT2D eigenvalue weighted by Gasteiger charge is -2.10. The molecule has 18 heavy (non-hydrogen) atoms. The zero-order chi connectivity index (χ0) is 13.3. The fraction of sp³-hybridized carbons (Fsp3) is 0.231. The molecule has 0 aliphatic heterocycles. The van der Waals surface area contributed by atoms with E-state index >= 15 is 0 Å². The summed E-state index contributed by atoms with van der Waals surface area (Å²) in [4.78, 5) is 8.52. The summed E-state index contributed by atoms with van der Waals surface area (Å²) < 4.78 is 14.5. The fourth-order valence-electron chi connectivity index (χ4n) is 1.64. The lowest BCUT2D eigenvalue weighted by molar-refractivity contribution is 0.623. The first kappa shape index (κ1) is 13.4. The van der Waals surface area contributed by atoms with Crippen molar-refractivity contribution in [2.45, 2.75) is 20.3 Å². The van der Waals surface area contributed by atoms with Crippen molar-refractivity contribution in [1.29, 1.82) is 0 Å². The minimum Gasteiger partial charge on any atom is -0.232 e. The molecule has 0 aliphatic rings. The van der Waals surface area contributed by atoms with Crippen LogP contribution in [0.4, 0.5) is 4.39 Å². The Labute approximate surface area is 118 Å². The van der Waals surface area contributed by atoms with Crippen molar-refractivity contribution in [3.05, 3.63) is 45.0 Å². The molecule has 0 radical (unpaired) electrons. The maximum Gasteiger partial charge on any atom is 0.146 e. The molecule has 2 nitrogen and oxygen atoms in total. The SMILES string of the molecule is CCc1nc(Cl)c(C)c(-c2cccc(Br)c2F)n1. The Morgan fingerprint density at radius 1 is 1.33 bits per heavy atom. The highest BCUT2D eigenvalue weighted by atomic mass is 79.9. The van der Waals surface area contributed by atoms with Gasteiger partial charge in [-0.05, 0) is 35.0 Å². The van der Waals surface area contributed by atoms with E-state index in [1.807, 2.05) is 6.92 Å². The van der Waals surface area contributed by atoms with Gasteiger partial charge in [0.1, 0.15) is 16.8 Å². The molecule has 0 fully saturated rings. The normalized spacial score (nSPS) is 10.7. The van der Waals surface area contributed by atoms with Crippen LogP contribution in [0, 0.1) is 12.7 Å². The van der Waals surface area contributed by atoms with Crippen LogP contribution in [0.25, 0.3) is 11.3 Å². The van der Waals surface area contributed by atoms with E-state index in [0.717, 1.165) is 0 Å². The number of aromatic nitrogens is 2. The van der Waals surface area contributed by atoms with E-state index < -0.39 is 0 Å². The molecule has 0 bridgehead atoms. The van der Waals surface area contributed by atoms with E-state index in [0.29, 0.717) is 38.7 Å². The molecule has 0 amide bonds. The Morgan fingerprint density at radius 2 is 2.06 bits per heavy atom. The summed E-state index contributed by atoms with van der Waals surface area (Å²) >= 11 is 9.23. The lowest BCUT2D eigenvalue weighted by Crippen LogP contribution is -2.01. The first-order chi connectivity index (χ1) is 8.54. The third-order valence-electron chi connectivity index (χ3n) is 2.66. The molecule has 2 aromatic rings. The number of hydrogen-bond donors (Lipinski definition) is 0. The predicted octanol–water partition coefficient (Wildman–Crippen LogP) is 4.57. The second kappa shape index (κ2) is 5.33. The van der Waals surface area contributed by atoms with Crippen molar-refractivity contribution in [3.8, 4) is 11.3 Å². The third-order valence-corrected chi connectivity index (χ3v) is 3.64. The van der Waals surface area contributed by atoms with Crippen LogP contribution >= 0.6 is 27.5 Å². The highest BCUT2D eigenvalue weighted by Gasteiger charge is 2.15. The predicted molar refractivity (Wildman–Crippen MR) is 74.3 cm³/mol. The number of rotatable bonds is 2. The highest BCUT2D eigenvalue weighted by molar-refractivity contribution is 9.10. The third kappa shape index (κ3) is 2.40. The number of hydrogen-bond acceptors (Lipinski definition) is 2. The van der Waals surface area contributed by atoms with Crippen molar-refractivity contribution < 1.29 is 4.39 Å². The van der Waals surface area contributed by atoms with Gasteiger partial charge in [-0.1, -0.05) is 24.6 Å². The van der Waals surface area contributed by atoms with Crippen LogP contribution in [-0.4, -0.2) is 9.97 Å². The van der Waals surface area contributed by atoms with Gasteiger partial charge in [-0.25, -0.2) is 14.4 Å². The molecular formula is C13H11BrClFN2. The lowest BCUT2D eigenvalue weighted by atomic mass is 10.1. The monoisotopic (exact) mass is 328 g/mol. The van der Waals surface area contributed by atoms with Gasteiger partial charge in [-0.2, -0.15) is 0 Å². The summed E-state index contributed by atoms with van der Waals surface area (Å²) in [6, 6.07) is 5.10. The largest absolute Gasteiger partial charge is 0.232 e. The number of nitrogens with zero attached hydrogens (tertiary/aromatic N) is 2. The fourth-order valence-corrected chi connectivity index (χ4v) is 2.19. The van der Waals surface area contributed by atoms with Crippen molar-refractivity contribution in [3.63, 3.8) is 0 Å². The zero-order valence-corrected chi connectivity index (χ0v) is 12.3. The van der Waals surface area contributed by atoms with Crippen LogP contribution in [0.2, 0.25) is 5.15 Å². The molecule has 0 N–H and O–H groups in total. The van der Waals surface area contributed by atoms with Crippen LogP contribution < -0.4 is 0 Å². The molecule has 1 aromatic carbocycles. The van der Waals surface area contributed by atoms with E-state index in [-0.39, 0.29) is 5.82 Å². The van der Waals surface area contributed by atoms with E-state index in [1.54, 1.807) is 25.1 Å². The molecule has 1 heterocycles. The first-order valence-corrected chi connectivity index (χ1v) is 6.69. The Hall–Kier alpha value is -1.00. The number of halogens is 3. The molecule has 0 atom stereocenters. The molecule has 5 heteroatoms. The molecule has 0 saturated heterocycles. The highest BCUT2D eigenvalue weighted by Crippen LogP contribution is 2.30. The van der Waals surface area contributed by atoms with E-state index in [9.17, 15) is 4.39 Å². The quantitative estimate of drug-likeness (QED) is 0.754. The van der Waals surface area contributed by atoms with E-state index in [1.165, 1.54) is 0 Å². The Kier molecular flexibility index (Phi) is 3.97. The summed E-state index contributed by atoms with van der Waals surface area (Å²) in [6.45, 7) is 3.72. The summed E-state index contributed by atoms with van der Waals surface area (Å²) in [7, 11) is 0. The standard InChI is InChI=1S/C13H11BrClFN2/c1-3-10-17-12(7(2)13(15)18-10)8-5-4-6-9(14)11(8)16/h4-6H,3H2,1-2H3. The first-order valence-electron chi connectivity index (χ1n) is 5.52. The molecule has 1 aromatic heterocycles. The molecule has 0 unspecified atom stereocenters. The minimum absolute atomic E-state index is 0.336. The smallest absolute Gasteiger partial charge is 0.146 e. The molecule has 2 rings (SSSR count). The molecular weight excluding hydrogens is 319 g/mol. The van der Waals surface area contributed by atoms with Crippen molar-refractivity contribution in [2.75, 3.05) is 0 Å². The minimum atomic E-state index is -0.336. The van der Waals surface area contributed by atoms with E-state index in [2.05, 4.69) is 25.9 Å². The molecule has 0 saturated carbocycles. The maximum absolute atomic E-state index is 14.1. The average molecular weight is 330 g/mol. The van der Waals surface area contributed by atoms with Gasteiger partial charge in [0, 0.05) is 17.5 Å². The van der Waals surface area contributed by atoms with Crippen LogP contribution in [-0.2, 0) is 6.42 Å². The second-order valence-corrected chi connectivity index (χ2v) is 5.07. The average Bonchev–Trinajstić information content (AvgIpc) is 2.36. The van der Waals surface area contributed by atoms with Gasteiger partial charge in [0.05, 0.1) is 10.2 Å². The number of benzene rings is 1. The summed E-state index contributed by atoms with van der Waals surface area (Å²) in [5.74, 6) is 0.275. The molecule has 0 aliphatic carbocycles. The van der Waals surface area contributed by atoms with Crippen molar-refractivity contribution >= 4 is 27.5 Å². The van der Waals surface area contributed by atoms with Crippen LogP contribution in [0.3, 0.4) is 0 Å². The van der Waals surface area contributed by atoms with Crippen molar-refractivity contribution in [1.82, 2.24) is 9.97 Å². The van der Waals surface area contributed by atoms with Gasteiger partial charge < -0.3 is 0 Å². The Morgan fingerprint density at radius 3 is 2.72 bits per heavy atom. The van der Waals surface area contributed by atoms with Gasteiger partial charge >= 0.3 is 0 Å². The summed E-state index contributed by atoms with van der Waals surface area (Å²) in [5.41, 5.74) is 1.66. The second-order valence-electron chi connectivity index (χ2n) is 3.86. The maximum atomic E-state index is 14.1. The van der Waals surface area contributed by atoms with Crippen LogP contribution in [0.1, 0.15) is 18.3 Å². The topological polar surface area (TPSA) is 25.8 Å². The Balaban J connectivity index is 2.70. The Bertz CT molecular complexity index is 602. The summed E-state index contributed by atoms with van der Waals surface area (Å²) in [5, 5.41) is 0.372. The van der Waals surface area contributed by atoms with Gasteiger partial charge in [0.25, 0.3) is 0 Å². The molecule has 0 spiro atoms. The van der Waals surface area contributed by atoms with Crippen LogP contribution in [0.5, 0.6) is 0 Å². The van der Waals surface area contributed by atoms with Gasteiger partial charge in [-0.15, -0.1) is 0 Å². The summed E-state index contributed by atoms with van der Waals surface area (Å²) in [6.07, 6.45) is 0.655. The van der Waals surface area contributed by atoms with Gasteiger partial charge in [0.2, 0.25) is 0 Å². The van der Waals surface area contributed by atoms with E-state index in [4.69, 9.17) is 11.6 Å². The van der Waals surface area contributed by atoms with Crippen LogP contribution in [0.15, 0.2) is 22.7 Å². The zero-order valence-electron chi connectivity index (χ0n) is 9.97. The van der Waals surface area contributed by atoms with Crippen molar-refractivity contribution in [2.24, 2.45) is 0 Å². The molecule has 94 valence electrons.